The van der Waals surface area contributed by atoms with E-state index in [0.717, 1.165) is 29.6 Å². The Morgan fingerprint density at radius 2 is 2.13 bits per heavy atom. The Balaban J connectivity index is 2.75. The molecule has 0 aromatic carbocycles. The summed E-state index contributed by atoms with van der Waals surface area (Å²) in [4.78, 5) is 8.80. The van der Waals surface area contributed by atoms with Crippen molar-refractivity contribution in [2.75, 3.05) is 11.9 Å². The van der Waals surface area contributed by atoms with Crippen molar-refractivity contribution in [3.05, 3.63) is 11.8 Å². The number of hydrogen-bond donors (Lipinski definition) is 1. The molecule has 1 aromatic heterocycles. The van der Waals surface area contributed by atoms with E-state index in [-0.39, 0.29) is 0 Å². The molecule has 0 aliphatic rings. The summed E-state index contributed by atoms with van der Waals surface area (Å²) in [6.07, 6.45) is 1.09. The molecular weight excluding hydrogens is 206 g/mol. The van der Waals surface area contributed by atoms with Gasteiger partial charge >= 0.3 is 0 Å². The van der Waals surface area contributed by atoms with E-state index in [0.29, 0.717) is 5.25 Å². The van der Waals surface area contributed by atoms with Gasteiger partial charge in [0.05, 0.1) is 0 Å². The van der Waals surface area contributed by atoms with Crippen LogP contribution in [0.1, 0.15) is 32.9 Å². The van der Waals surface area contributed by atoms with Crippen LogP contribution in [0.5, 0.6) is 0 Å². The largest absolute Gasteiger partial charge is 0.354 e. The molecule has 1 N–H and O–H groups in total. The predicted molar refractivity (Wildman–Crippen MR) is 66.5 cm³/mol. The molecule has 0 fully saturated rings. The third-order valence-electron chi connectivity index (χ3n) is 1.72. The highest BCUT2D eigenvalue weighted by Crippen LogP contribution is 2.22. The molecule has 0 aliphatic heterocycles. The van der Waals surface area contributed by atoms with Gasteiger partial charge in [-0.2, -0.15) is 0 Å². The first-order chi connectivity index (χ1) is 7.11. The van der Waals surface area contributed by atoms with Crippen LogP contribution in [-0.2, 0) is 0 Å². The zero-order chi connectivity index (χ0) is 11.3. The standard InChI is InChI=1S/C11H19N3S/c1-5-6-12-11-13-9(4)7-10(14-11)15-8(2)3/h7-8H,5-6H2,1-4H3,(H,12,13,14). The van der Waals surface area contributed by atoms with Gasteiger partial charge in [0.25, 0.3) is 0 Å². The minimum Gasteiger partial charge on any atom is -0.354 e. The van der Waals surface area contributed by atoms with Gasteiger partial charge in [-0.15, -0.1) is 11.8 Å². The fraction of sp³-hybridized carbons (Fsp3) is 0.636. The van der Waals surface area contributed by atoms with Crippen LogP contribution >= 0.6 is 11.8 Å². The average molecular weight is 225 g/mol. The van der Waals surface area contributed by atoms with E-state index in [1.165, 1.54) is 0 Å². The van der Waals surface area contributed by atoms with E-state index >= 15 is 0 Å². The van der Waals surface area contributed by atoms with Crippen molar-refractivity contribution < 1.29 is 0 Å². The molecule has 15 heavy (non-hydrogen) atoms. The molecule has 0 aliphatic carbocycles. The molecule has 0 atom stereocenters. The van der Waals surface area contributed by atoms with Crippen LogP contribution in [0.3, 0.4) is 0 Å². The van der Waals surface area contributed by atoms with Crippen LogP contribution in [0.4, 0.5) is 5.95 Å². The quantitative estimate of drug-likeness (QED) is 0.617. The number of aromatic nitrogens is 2. The highest BCUT2D eigenvalue weighted by molar-refractivity contribution is 7.99. The van der Waals surface area contributed by atoms with Gasteiger partial charge in [-0.25, -0.2) is 9.97 Å². The van der Waals surface area contributed by atoms with Crippen molar-refractivity contribution in [3.63, 3.8) is 0 Å². The van der Waals surface area contributed by atoms with Gasteiger partial charge in [0.15, 0.2) is 0 Å². The van der Waals surface area contributed by atoms with Crippen LogP contribution in [-0.4, -0.2) is 21.8 Å². The van der Waals surface area contributed by atoms with Gasteiger partial charge in [-0.3, -0.25) is 0 Å². The third-order valence-corrected chi connectivity index (χ3v) is 2.64. The summed E-state index contributed by atoms with van der Waals surface area (Å²) in [5.74, 6) is 0.750. The summed E-state index contributed by atoms with van der Waals surface area (Å²) in [6.45, 7) is 9.40. The maximum absolute atomic E-state index is 4.45. The Morgan fingerprint density at radius 3 is 2.73 bits per heavy atom. The molecule has 1 rings (SSSR count). The summed E-state index contributed by atoms with van der Waals surface area (Å²) in [5.41, 5.74) is 1.02. The molecule has 0 saturated carbocycles. The highest BCUT2D eigenvalue weighted by atomic mass is 32.2. The Hall–Kier alpha value is -0.770. The second-order valence-corrected chi connectivity index (χ2v) is 5.36. The normalized spacial score (nSPS) is 10.7. The van der Waals surface area contributed by atoms with Gasteiger partial charge in [0.2, 0.25) is 5.95 Å². The number of aryl methyl sites for hydroxylation is 1. The van der Waals surface area contributed by atoms with Crippen molar-refractivity contribution in [1.29, 1.82) is 0 Å². The fourth-order valence-electron chi connectivity index (χ4n) is 1.16. The molecule has 0 unspecified atom stereocenters. The zero-order valence-corrected chi connectivity index (χ0v) is 10.7. The fourth-order valence-corrected chi connectivity index (χ4v) is 2.02. The smallest absolute Gasteiger partial charge is 0.223 e. The third kappa shape index (κ3) is 4.51. The topological polar surface area (TPSA) is 37.8 Å². The highest BCUT2D eigenvalue weighted by Gasteiger charge is 2.04. The molecule has 1 heterocycles. The summed E-state index contributed by atoms with van der Waals surface area (Å²) in [7, 11) is 0. The van der Waals surface area contributed by atoms with Crippen molar-refractivity contribution >= 4 is 17.7 Å². The van der Waals surface area contributed by atoms with Crippen LogP contribution in [0.2, 0.25) is 0 Å². The van der Waals surface area contributed by atoms with E-state index < -0.39 is 0 Å². The number of thioether (sulfide) groups is 1. The summed E-state index contributed by atoms with van der Waals surface area (Å²) in [5, 5.41) is 4.82. The number of nitrogens with zero attached hydrogens (tertiary/aromatic N) is 2. The Morgan fingerprint density at radius 1 is 1.40 bits per heavy atom. The Labute approximate surface area is 96.1 Å². The van der Waals surface area contributed by atoms with Crippen molar-refractivity contribution in [1.82, 2.24) is 9.97 Å². The summed E-state index contributed by atoms with van der Waals surface area (Å²) >= 11 is 1.77. The van der Waals surface area contributed by atoms with Gasteiger partial charge < -0.3 is 5.32 Å². The van der Waals surface area contributed by atoms with Gasteiger partial charge in [0.1, 0.15) is 5.03 Å². The predicted octanol–water partition coefficient (Wildman–Crippen LogP) is 3.11. The first-order valence-electron chi connectivity index (χ1n) is 5.38. The van der Waals surface area contributed by atoms with Crippen LogP contribution < -0.4 is 5.32 Å². The summed E-state index contributed by atoms with van der Waals surface area (Å²) < 4.78 is 0. The van der Waals surface area contributed by atoms with Crippen LogP contribution in [0.25, 0.3) is 0 Å². The lowest BCUT2D eigenvalue weighted by Gasteiger charge is -2.08. The lowest BCUT2D eigenvalue weighted by Crippen LogP contribution is -2.06. The molecule has 84 valence electrons. The second kappa shape index (κ2) is 5.95. The molecule has 0 radical (unpaired) electrons. The van der Waals surface area contributed by atoms with E-state index in [2.05, 4.69) is 36.1 Å². The maximum atomic E-state index is 4.45. The lowest BCUT2D eigenvalue weighted by atomic mass is 10.4. The summed E-state index contributed by atoms with van der Waals surface area (Å²) in [6, 6.07) is 2.03. The molecular formula is C11H19N3S. The first kappa shape index (κ1) is 12.3. The van der Waals surface area contributed by atoms with Gasteiger partial charge in [-0.1, -0.05) is 20.8 Å². The van der Waals surface area contributed by atoms with E-state index in [1.807, 2.05) is 13.0 Å². The molecule has 0 spiro atoms. The monoisotopic (exact) mass is 225 g/mol. The number of anilines is 1. The van der Waals surface area contributed by atoms with E-state index in [1.54, 1.807) is 11.8 Å². The van der Waals surface area contributed by atoms with Crippen LogP contribution in [0.15, 0.2) is 11.1 Å². The second-order valence-electron chi connectivity index (χ2n) is 3.76. The average Bonchev–Trinajstić information content (AvgIpc) is 2.12. The number of nitrogens with one attached hydrogen (secondary N) is 1. The SMILES string of the molecule is CCCNc1nc(C)cc(SC(C)C)n1. The minimum atomic E-state index is 0.554. The maximum Gasteiger partial charge on any atom is 0.223 e. The Bertz CT molecular complexity index is 313. The zero-order valence-electron chi connectivity index (χ0n) is 9.87. The van der Waals surface area contributed by atoms with Crippen molar-refractivity contribution in [2.45, 2.75) is 44.4 Å². The molecule has 1 aromatic rings. The minimum absolute atomic E-state index is 0.554. The van der Waals surface area contributed by atoms with Gasteiger partial charge in [0, 0.05) is 17.5 Å². The van der Waals surface area contributed by atoms with Crippen molar-refractivity contribution in [2.24, 2.45) is 0 Å². The number of rotatable bonds is 5. The molecule has 0 bridgehead atoms. The Kier molecular flexibility index (Phi) is 4.88. The van der Waals surface area contributed by atoms with E-state index in [9.17, 15) is 0 Å². The van der Waals surface area contributed by atoms with Crippen LogP contribution in [0, 0.1) is 6.92 Å². The first-order valence-corrected chi connectivity index (χ1v) is 6.26. The van der Waals surface area contributed by atoms with Crippen molar-refractivity contribution in [3.8, 4) is 0 Å². The molecule has 0 saturated heterocycles. The lowest BCUT2D eigenvalue weighted by molar-refractivity contribution is 0.922. The molecule has 4 heteroatoms. The van der Waals surface area contributed by atoms with Gasteiger partial charge in [-0.05, 0) is 19.4 Å². The molecule has 0 amide bonds. The van der Waals surface area contributed by atoms with E-state index in [4.69, 9.17) is 0 Å². The molecule has 3 nitrogen and oxygen atoms in total. The number of hydrogen-bond acceptors (Lipinski definition) is 4.